The molecule has 0 aromatic heterocycles. The molecule has 0 aliphatic heterocycles. The molecule has 0 spiro atoms. The van der Waals surface area contributed by atoms with Gasteiger partial charge in [0.1, 0.15) is 6.67 Å². The average molecular weight is 228 g/mol. The first-order valence-electron chi connectivity index (χ1n) is 5.17. The summed E-state index contributed by atoms with van der Waals surface area (Å²) in [6.45, 7) is -0.433. The van der Waals surface area contributed by atoms with Gasteiger partial charge in [-0.05, 0) is 36.1 Å². The lowest BCUT2D eigenvalue weighted by Crippen LogP contribution is -1.99. The van der Waals surface area contributed by atoms with Crippen molar-refractivity contribution in [3.8, 4) is 11.5 Å². The molecule has 0 aliphatic rings. The molecule has 0 radical (unpaired) electrons. The number of alkyl halides is 1. The number of aryl methyl sites for hydroxylation is 1. The highest BCUT2D eigenvalue weighted by atomic mass is 19.1. The maximum absolute atomic E-state index is 12.6. The first-order chi connectivity index (χ1) is 7.76. The zero-order chi connectivity index (χ0) is 12.0. The van der Waals surface area contributed by atoms with E-state index in [9.17, 15) is 4.39 Å². The van der Waals surface area contributed by atoms with Crippen molar-refractivity contribution in [2.45, 2.75) is 19.5 Å². The monoisotopic (exact) mass is 228 g/mol. The van der Waals surface area contributed by atoms with E-state index >= 15 is 0 Å². The standard InChI is InChI=1S/C12H17FO3/c1-15-11-7-9(8-13)6-10(4-3-5-14)12(11)16-2/h6-7,14H,3-5,8H2,1-2H3. The van der Waals surface area contributed by atoms with E-state index in [1.807, 2.05) is 0 Å². The third kappa shape index (κ3) is 2.85. The second kappa shape index (κ2) is 6.33. The van der Waals surface area contributed by atoms with E-state index in [0.717, 1.165) is 5.56 Å². The smallest absolute Gasteiger partial charge is 0.163 e. The van der Waals surface area contributed by atoms with Gasteiger partial charge in [-0.3, -0.25) is 0 Å². The van der Waals surface area contributed by atoms with Crippen LogP contribution in [0.5, 0.6) is 11.5 Å². The molecule has 0 saturated carbocycles. The Morgan fingerprint density at radius 3 is 2.50 bits per heavy atom. The molecule has 0 atom stereocenters. The highest BCUT2D eigenvalue weighted by Crippen LogP contribution is 2.33. The second-order valence-corrected chi connectivity index (χ2v) is 3.45. The fraction of sp³-hybridized carbons (Fsp3) is 0.500. The zero-order valence-electron chi connectivity index (χ0n) is 9.62. The normalized spacial score (nSPS) is 10.2. The van der Waals surface area contributed by atoms with Crippen molar-refractivity contribution in [3.63, 3.8) is 0 Å². The number of hydrogen-bond donors (Lipinski definition) is 1. The van der Waals surface area contributed by atoms with Crippen LogP contribution >= 0.6 is 0 Å². The quantitative estimate of drug-likeness (QED) is 0.810. The Kier molecular flexibility index (Phi) is 5.05. The second-order valence-electron chi connectivity index (χ2n) is 3.45. The SMILES string of the molecule is COc1cc(CF)cc(CCCO)c1OC. The first-order valence-corrected chi connectivity index (χ1v) is 5.17. The van der Waals surface area contributed by atoms with Crippen LogP contribution in [0, 0.1) is 0 Å². The largest absolute Gasteiger partial charge is 0.493 e. The fourth-order valence-electron chi connectivity index (χ4n) is 1.64. The van der Waals surface area contributed by atoms with Crippen LogP contribution in [0.1, 0.15) is 17.5 Å². The molecule has 0 aliphatic carbocycles. The predicted octanol–water partition coefficient (Wildman–Crippen LogP) is 2.10. The van der Waals surface area contributed by atoms with Crippen molar-refractivity contribution >= 4 is 0 Å². The van der Waals surface area contributed by atoms with Crippen molar-refractivity contribution in [2.24, 2.45) is 0 Å². The minimum absolute atomic E-state index is 0.103. The lowest BCUT2D eigenvalue weighted by molar-refractivity contribution is 0.287. The molecule has 0 saturated heterocycles. The van der Waals surface area contributed by atoms with Gasteiger partial charge in [-0.2, -0.15) is 0 Å². The highest BCUT2D eigenvalue weighted by Gasteiger charge is 2.11. The molecule has 1 N–H and O–H groups in total. The van der Waals surface area contributed by atoms with Gasteiger partial charge < -0.3 is 14.6 Å². The van der Waals surface area contributed by atoms with Crippen LogP contribution in [0.2, 0.25) is 0 Å². The van der Waals surface area contributed by atoms with Gasteiger partial charge in [0.05, 0.1) is 14.2 Å². The van der Waals surface area contributed by atoms with Gasteiger partial charge in [-0.25, -0.2) is 4.39 Å². The van der Waals surface area contributed by atoms with Crippen LogP contribution < -0.4 is 9.47 Å². The molecule has 90 valence electrons. The summed E-state index contributed by atoms with van der Waals surface area (Å²) in [5, 5.41) is 8.80. The lowest BCUT2D eigenvalue weighted by atomic mass is 10.0. The fourth-order valence-corrected chi connectivity index (χ4v) is 1.64. The lowest BCUT2D eigenvalue weighted by Gasteiger charge is -2.13. The molecule has 1 aromatic rings. The summed E-state index contributed by atoms with van der Waals surface area (Å²) in [7, 11) is 3.07. The first kappa shape index (κ1) is 12.8. The number of hydrogen-bond acceptors (Lipinski definition) is 3. The van der Waals surface area contributed by atoms with Gasteiger partial charge >= 0.3 is 0 Å². The molecule has 3 nitrogen and oxygen atoms in total. The Balaban J connectivity index is 3.09. The number of benzene rings is 1. The van der Waals surface area contributed by atoms with E-state index in [1.54, 1.807) is 19.2 Å². The van der Waals surface area contributed by atoms with Crippen LogP contribution in [0.25, 0.3) is 0 Å². The summed E-state index contributed by atoms with van der Waals surface area (Å²) in [5.74, 6) is 1.15. The third-order valence-corrected chi connectivity index (χ3v) is 2.37. The van der Waals surface area contributed by atoms with Crippen LogP contribution in [-0.4, -0.2) is 25.9 Å². The highest BCUT2D eigenvalue weighted by molar-refractivity contribution is 5.49. The summed E-state index contributed by atoms with van der Waals surface area (Å²) in [6, 6.07) is 3.37. The van der Waals surface area contributed by atoms with Gasteiger partial charge in [-0.15, -0.1) is 0 Å². The molecule has 1 aromatic carbocycles. The number of aliphatic hydroxyl groups excluding tert-OH is 1. The molecule has 0 amide bonds. The van der Waals surface area contributed by atoms with Gasteiger partial charge in [-0.1, -0.05) is 0 Å². The van der Waals surface area contributed by atoms with Crippen molar-refractivity contribution < 1.29 is 19.0 Å². The van der Waals surface area contributed by atoms with E-state index < -0.39 is 6.67 Å². The van der Waals surface area contributed by atoms with E-state index in [4.69, 9.17) is 14.6 Å². The Bertz CT molecular complexity index is 339. The molecule has 1 rings (SSSR count). The van der Waals surface area contributed by atoms with Crippen molar-refractivity contribution in [3.05, 3.63) is 23.3 Å². The Morgan fingerprint density at radius 2 is 2.00 bits per heavy atom. The van der Waals surface area contributed by atoms with Gasteiger partial charge in [0, 0.05) is 6.61 Å². The van der Waals surface area contributed by atoms with Crippen LogP contribution in [0.15, 0.2) is 12.1 Å². The summed E-state index contributed by atoms with van der Waals surface area (Å²) in [5.41, 5.74) is 1.43. The van der Waals surface area contributed by atoms with E-state index in [-0.39, 0.29) is 6.61 Å². The van der Waals surface area contributed by atoms with Gasteiger partial charge in [0.15, 0.2) is 11.5 Å². The van der Waals surface area contributed by atoms with Gasteiger partial charge in [0.2, 0.25) is 0 Å². The summed E-state index contributed by atoms with van der Waals surface area (Å²) < 4.78 is 23.0. The molecule has 0 heterocycles. The maximum Gasteiger partial charge on any atom is 0.163 e. The van der Waals surface area contributed by atoms with Crippen molar-refractivity contribution in [2.75, 3.05) is 20.8 Å². The molecule has 16 heavy (non-hydrogen) atoms. The van der Waals surface area contributed by atoms with Crippen LogP contribution in [0.3, 0.4) is 0 Å². The minimum atomic E-state index is -0.535. The average Bonchev–Trinajstić information content (AvgIpc) is 2.34. The van der Waals surface area contributed by atoms with Crippen molar-refractivity contribution in [1.29, 1.82) is 0 Å². The summed E-state index contributed by atoms with van der Waals surface area (Å²) in [4.78, 5) is 0. The summed E-state index contributed by atoms with van der Waals surface area (Å²) in [6.07, 6.45) is 1.26. The minimum Gasteiger partial charge on any atom is -0.493 e. The predicted molar refractivity (Wildman–Crippen MR) is 59.8 cm³/mol. The molecule has 4 heteroatoms. The van der Waals surface area contributed by atoms with Crippen LogP contribution in [-0.2, 0) is 13.1 Å². The molecule has 0 unspecified atom stereocenters. The number of methoxy groups -OCH3 is 2. The van der Waals surface area contributed by atoms with E-state index in [2.05, 4.69) is 0 Å². The van der Waals surface area contributed by atoms with Crippen LogP contribution in [0.4, 0.5) is 4.39 Å². The molecule has 0 bridgehead atoms. The topological polar surface area (TPSA) is 38.7 Å². The molecular weight excluding hydrogens is 211 g/mol. The number of aliphatic hydroxyl groups is 1. The zero-order valence-corrected chi connectivity index (χ0v) is 9.62. The Labute approximate surface area is 94.8 Å². The van der Waals surface area contributed by atoms with E-state index in [1.165, 1.54) is 7.11 Å². The third-order valence-electron chi connectivity index (χ3n) is 2.37. The van der Waals surface area contributed by atoms with Gasteiger partial charge in [0.25, 0.3) is 0 Å². The molecule has 0 fully saturated rings. The Hall–Kier alpha value is -1.29. The summed E-state index contributed by atoms with van der Waals surface area (Å²) >= 11 is 0. The Morgan fingerprint density at radius 1 is 1.25 bits per heavy atom. The van der Waals surface area contributed by atoms with E-state index in [0.29, 0.717) is 29.9 Å². The number of rotatable bonds is 6. The molecular formula is C12H17FO3. The number of halogens is 1. The maximum atomic E-state index is 12.6. The van der Waals surface area contributed by atoms with Crippen molar-refractivity contribution in [1.82, 2.24) is 0 Å². The number of ether oxygens (including phenoxy) is 2.